The molecule has 1 N–H and O–H groups in total. The second-order valence-electron chi connectivity index (χ2n) is 5.57. The first kappa shape index (κ1) is 17.8. The van der Waals surface area contributed by atoms with Gasteiger partial charge in [-0.1, -0.05) is 35.3 Å². The van der Waals surface area contributed by atoms with Gasteiger partial charge in [0.1, 0.15) is 17.3 Å². The van der Waals surface area contributed by atoms with Crippen LogP contribution in [-0.4, -0.2) is 37.1 Å². The van der Waals surface area contributed by atoms with Gasteiger partial charge in [-0.05, 0) is 24.3 Å². The Hall–Kier alpha value is -2.05. The molecule has 2 aromatic carbocycles. The molecule has 0 atom stereocenters. The molecule has 1 aliphatic heterocycles. The maximum Gasteiger partial charge on any atom is 0.322 e. The summed E-state index contributed by atoms with van der Waals surface area (Å²) < 4.78 is 27.3. The first-order valence-electron chi connectivity index (χ1n) is 7.66. The molecule has 2 amide bonds. The Morgan fingerprint density at radius 1 is 0.960 bits per heavy atom. The minimum absolute atomic E-state index is 0.394. The molecule has 1 saturated heterocycles. The number of nitrogens with one attached hydrogen (secondary N) is 1. The molecule has 25 heavy (non-hydrogen) atoms. The predicted molar refractivity (Wildman–Crippen MR) is 95.6 cm³/mol. The van der Waals surface area contributed by atoms with Crippen molar-refractivity contribution in [1.82, 2.24) is 4.90 Å². The maximum absolute atomic E-state index is 13.6. The SMILES string of the molecule is O=C(Nc1c(F)cccc1F)N1CCN(c2cccc(Cl)c2Cl)CC1. The average molecular weight is 386 g/mol. The number of benzene rings is 2. The Kier molecular flexibility index (Phi) is 5.30. The van der Waals surface area contributed by atoms with Gasteiger partial charge in [0.15, 0.2) is 0 Å². The van der Waals surface area contributed by atoms with Gasteiger partial charge in [0.25, 0.3) is 0 Å². The molecule has 1 aliphatic rings. The lowest BCUT2D eigenvalue weighted by Gasteiger charge is -2.36. The van der Waals surface area contributed by atoms with Crippen molar-refractivity contribution in [2.45, 2.75) is 0 Å². The molecule has 8 heteroatoms. The molecular formula is C17H15Cl2F2N3O. The molecule has 2 aromatic rings. The molecule has 4 nitrogen and oxygen atoms in total. The van der Waals surface area contributed by atoms with E-state index >= 15 is 0 Å². The number of amides is 2. The highest BCUT2D eigenvalue weighted by Crippen LogP contribution is 2.33. The Morgan fingerprint density at radius 3 is 2.20 bits per heavy atom. The molecule has 0 spiro atoms. The van der Waals surface area contributed by atoms with E-state index in [0.717, 1.165) is 17.8 Å². The van der Waals surface area contributed by atoms with E-state index in [1.54, 1.807) is 6.07 Å². The summed E-state index contributed by atoms with van der Waals surface area (Å²) in [6, 6.07) is 8.27. The first-order chi connectivity index (χ1) is 12.0. The number of hydrogen-bond donors (Lipinski definition) is 1. The third-order valence-corrected chi connectivity index (χ3v) is 4.84. The zero-order valence-corrected chi connectivity index (χ0v) is 14.6. The number of hydrogen-bond acceptors (Lipinski definition) is 2. The molecule has 132 valence electrons. The van der Waals surface area contributed by atoms with E-state index in [0.29, 0.717) is 36.2 Å². The highest BCUT2D eigenvalue weighted by atomic mass is 35.5. The van der Waals surface area contributed by atoms with Crippen LogP contribution >= 0.6 is 23.2 Å². The summed E-state index contributed by atoms with van der Waals surface area (Å²) in [5, 5.41) is 3.23. The monoisotopic (exact) mass is 385 g/mol. The topological polar surface area (TPSA) is 35.6 Å². The number of carbonyl (C=O) groups is 1. The Balaban J connectivity index is 1.64. The normalized spacial score (nSPS) is 14.6. The number of nitrogens with zero attached hydrogens (tertiary/aromatic N) is 2. The summed E-state index contributed by atoms with van der Waals surface area (Å²) in [6.45, 7) is 1.86. The minimum atomic E-state index is -0.808. The number of carbonyl (C=O) groups excluding carboxylic acids is 1. The van der Waals surface area contributed by atoms with Gasteiger partial charge in [0.05, 0.1) is 15.7 Å². The van der Waals surface area contributed by atoms with Crippen molar-refractivity contribution in [2.24, 2.45) is 0 Å². The zero-order chi connectivity index (χ0) is 18.0. The van der Waals surface area contributed by atoms with Crippen molar-refractivity contribution in [1.29, 1.82) is 0 Å². The van der Waals surface area contributed by atoms with Crippen LogP contribution in [0.5, 0.6) is 0 Å². The van der Waals surface area contributed by atoms with Crippen molar-refractivity contribution >= 4 is 40.6 Å². The number of rotatable bonds is 2. The number of piperazine rings is 1. The van der Waals surface area contributed by atoms with Gasteiger partial charge < -0.3 is 15.1 Å². The van der Waals surface area contributed by atoms with Crippen LogP contribution in [0.1, 0.15) is 0 Å². The summed E-state index contributed by atoms with van der Waals surface area (Å²) in [5.74, 6) is -1.62. The first-order valence-corrected chi connectivity index (χ1v) is 8.42. The van der Waals surface area contributed by atoms with Crippen LogP contribution in [0, 0.1) is 11.6 Å². The van der Waals surface area contributed by atoms with Gasteiger partial charge >= 0.3 is 6.03 Å². The van der Waals surface area contributed by atoms with E-state index in [2.05, 4.69) is 5.32 Å². The molecule has 3 rings (SSSR count). The number of anilines is 2. The summed E-state index contributed by atoms with van der Waals surface area (Å²) in [7, 11) is 0. The van der Waals surface area contributed by atoms with E-state index in [1.165, 1.54) is 11.0 Å². The Bertz CT molecular complexity index is 775. The average Bonchev–Trinajstić information content (AvgIpc) is 2.61. The smallest absolute Gasteiger partial charge is 0.322 e. The molecule has 1 heterocycles. The van der Waals surface area contributed by atoms with Crippen LogP contribution in [0.3, 0.4) is 0 Å². The molecule has 0 bridgehead atoms. The van der Waals surface area contributed by atoms with Gasteiger partial charge in [-0.25, -0.2) is 13.6 Å². The van der Waals surface area contributed by atoms with E-state index in [9.17, 15) is 13.6 Å². The van der Waals surface area contributed by atoms with Gasteiger partial charge in [0.2, 0.25) is 0 Å². The Morgan fingerprint density at radius 2 is 1.56 bits per heavy atom. The highest BCUT2D eigenvalue weighted by Gasteiger charge is 2.24. The number of halogens is 4. The van der Waals surface area contributed by atoms with Crippen molar-refractivity contribution < 1.29 is 13.6 Å². The van der Waals surface area contributed by atoms with E-state index < -0.39 is 23.4 Å². The van der Waals surface area contributed by atoms with E-state index in [4.69, 9.17) is 23.2 Å². The molecule has 0 saturated carbocycles. The molecule has 0 aliphatic carbocycles. The van der Waals surface area contributed by atoms with Crippen molar-refractivity contribution in [2.75, 3.05) is 36.4 Å². The van der Waals surface area contributed by atoms with Gasteiger partial charge in [-0.2, -0.15) is 0 Å². The molecular weight excluding hydrogens is 371 g/mol. The lowest BCUT2D eigenvalue weighted by Crippen LogP contribution is -2.50. The zero-order valence-electron chi connectivity index (χ0n) is 13.1. The Labute approximate surface area is 153 Å². The second kappa shape index (κ2) is 7.45. The lowest BCUT2D eigenvalue weighted by molar-refractivity contribution is 0.208. The molecule has 1 fully saturated rings. The van der Waals surface area contributed by atoms with Crippen molar-refractivity contribution in [3.05, 3.63) is 58.1 Å². The quantitative estimate of drug-likeness (QED) is 0.817. The third kappa shape index (κ3) is 3.80. The van der Waals surface area contributed by atoms with Crippen molar-refractivity contribution in [3.63, 3.8) is 0 Å². The summed E-state index contributed by atoms with van der Waals surface area (Å²) in [6.07, 6.45) is 0. The molecule has 0 aromatic heterocycles. The number of urea groups is 1. The van der Waals surface area contributed by atoms with Crippen molar-refractivity contribution in [3.8, 4) is 0 Å². The largest absolute Gasteiger partial charge is 0.367 e. The van der Waals surface area contributed by atoms with Gasteiger partial charge in [0, 0.05) is 26.2 Å². The van der Waals surface area contributed by atoms with Crippen LogP contribution in [0.4, 0.5) is 25.0 Å². The van der Waals surface area contributed by atoms with Gasteiger partial charge in [-0.15, -0.1) is 0 Å². The maximum atomic E-state index is 13.6. The molecule has 0 radical (unpaired) electrons. The second-order valence-corrected chi connectivity index (χ2v) is 6.36. The summed E-state index contributed by atoms with van der Waals surface area (Å²) in [5.41, 5.74) is 0.363. The standard InChI is InChI=1S/C17H15Cl2F2N3O/c18-11-3-1-6-14(15(11)19)23-7-9-24(10-8-23)17(25)22-16-12(20)4-2-5-13(16)21/h1-6H,7-10H2,(H,22,25). The third-order valence-electron chi connectivity index (χ3n) is 4.03. The molecule has 0 unspecified atom stereocenters. The predicted octanol–water partition coefficient (Wildman–Crippen LogP) is 4.63. The van der Waals surface area contributed by atoms with E-state index in [-0.39, 0.29) is 0 Å². The summed E-state index contributed by atoms with van der Waals surface area (Å²) in [4.78, 5) is 15.8. The van der Waals surface area contributed by atoms with Crippen LogP contribution in [0.25, 0.3) is 0 Å². The van der Waals surface area contributed by atoms with Crippen LogP contribution in [-0.2, 0) is 0 Å². The van der Waals surface area contributed by atoms with Crippen LogP contribution < -0.4 is 10.2 Å². The highest BCUT2D eigenvalue weighted by molar-refractivity contribution is 6.43. The minimum Gasteiger partial charge on any atom is -0.367 e. The fraction of sp³-hybridized carbons (Fsp3) is 0.235. The lowest BCUT2D eigenvalue weighted by atomic mass is 10.2. The fourth-order valence-corrected chi connectivity index (χ4v) is 3.11. The fourth-order valence-electron chi connectivity index (χ4n) is 2.69. The summed E-state index contributed by atoms with van der Waals surface area (Å²) >= 11 is 12.2. The van der Waals surface area contributed by atoms with Crippen LogP contribution in [0.15, 0.2) is 36.4 Å². The van der Waals surface area contributed by atoms with Gasteiger partial charge in [-0.3, -0.25) is 0 Å². The number of para-hydroxylation sites is 1. The van der Waals surface area contributed by atoms with Crippen LogP contribution in [0.2, 0.25) is 10.0 Å². The van der Waals surface area contributed by atoms with E-state index in [1.807, 2.05) is 17.0 Å².